The molecule has 1 atom stereocenters. The molecule has 0 saturated carbocycles. The van der Waals surface area contributed by atoms with Gasteiger partial charge in [0.15, 0.2) is 5.82 Å². The molecule has 0 aliphatic rings. The van der Waals surface area contributed by atoms with E-state index in [1.807, 2.05) is 31.2 Å². The molecule has 4 aromatic rings. The third-order valence-corrected chi connectivity index (χ3v) is 6.66. The predicted octanol–water partition coefficient (Wildman–Crippen LogP) is 7.97. The van der Waals surface area contributed by atoms with Crippen molar-refractivity contribution in [1.82, 2.24) is 9.97 Å². The second-order valence-corrected chi connectivity index (χ2v) is 9.54. The van der Waals surface area contributed by atoms with E-state index in [4.69, 9.17) is 11.6 Å². The van der Waals surface area contributed by atoms with Gasteiger partial charge < -0.3 is 5.32 Å². The molecule has 0 spiro atoms. The van der Waals surface area contributed by atoms with Crippen molar-refractivity contribution in [2.75, 3.05) is 5.32 Å². The van der Waals surface area contributed by atoms with E-state index in [9.17, 15) is 18.0 Å². The highest BCUT2D eigenvalue weighted by Crippen LogP contribution is 2.32. The second-order valence-electron chi connectivity index (χ2n) is 9.13. The number of carbonyl (C=O) groups is 1. The monoisotopic (exact) mass is 537 g/mol. The number of alkyl halides is 2. The fourth-order valence-electron chi connectivity index (χ4n) is 4.16. The Kier molecular flexibility index (Phi) is 8.47. The fraction of sp³-hybridized carbons (Fsp3) is 0.233. The smallest absolute Gasteiger partial charge is 0.273 e. The Labute approximate surface area is 224 Å². The number of hydrogen-bond acceptors (Lipinski definition) is 4. The maximum atomic E-state index is 13.8. The minimum Gasteiger partial charge on any atom is -0.362 e. The van der Waals surface area contributed by atoms with Gasteiger partial charge in [-0.1, -0.05) is 73.1 Å². The van der Waals surface area contributed by atoms with Crippen molar-refractivity contribution in [3.63, 3.8) is 0 Å². The Balaban J connectivity index is 1.42. The molecule has 8 heteroatoms. The molecule has 0 bridgehead atoms. The van der Waals surface area contributed by atoms with Gasteiger partial charge in [0.1, 0.15) is 17.3 Å². The third-order valence-electron chi connectivity index (χ3n) is 6.33. The van der Waals surface area contributed by atoms with Gasteiger partial charge in [0.05, 0.1) is 6.04 Å². The van der Waals surface area contributed by atoms with Gasteiger partial charge in [-0.2, -0.15) is 0 Å². The zero-order valence-corrected chi connectivity index (χ0v) is 21.8. The molecule has 0 fully saturated rings. The van der Waals surface area contributed by atoms with Crippen molar-refractivity contribution in [1.29, 1.82) is 0 Å². The number of nitrogens with one attached hydrogen (secondary N) is 1. The molecular formula is C30H27ClF3N3O. The molecule has 0 unspecified atom stereocenters. The van der Waals surface area contributed by atoms with Gasteiger partial charge in [-0.05, 0) is 35.7 Å². The summed E-state index contributed by atoms with van der Waals surface area (Å²) in [5, 5.41) is 3.61. The van der Waals surface area contributed by atoms with E-state index in [1.54, 1.807) is 30.6 Å². The van der Waals surface area contributed by atoms with Crippen LogP contribution in [0, 0.1) is 5.82 Å². The van der Waals surface area contributed by atoms with Gasteiger partial charge in [-0.15, -0.1) is 0 Å². The summed E-state index contributed by atoms with van der Waals surface area (Å²) in [5.74, 6) is -2.74. The molecule has 0 amide bonds. The molecule has 1 N–H and O–H groups in total. The average molecular weight is 538 g/mol. The molecule has 0 aliphatic heterocycles. The lowest BCUT2D eigenvalue weighted by atomic mass is 9.99. The highest BCUT2D eigenvalue weighted by atomic mass is 35.5. The number of rotatable bonds is 10. The van der Waals surface area contributed by atoms with Crippen molar-refractivity contribution in [3.8, 4) is 11.3 Å². The van der Waals surface area contributed by atoms with E-state index in [0.717, 1.165) is 16.7 Å². The lowest BCUT2D eigenvalue weighted by molar-refractivity contribution is -0.117. The van der Waals surface area contributed by atoms with Crippen LogP contribution in [0.25, 0.3) is 11.3 Å². The number of Topliss-reactive ketones (excluding diaryl/α,β-unsaturated/α-hetero) is 1. The molecule has 1 aromatic heterocycles. The minimum absolute atomic E-state index is 0.0142. The van der Waals surface area contributed by atoms with Gasteiger partial charge in [0, 0.05) is 47.8 Å². The molecule has 3 aromatic carbocycles. The van der Waals surface area contributed by atoms with E-state index >= 15 is 0 Å². The Morgan fingerprint density at radius 1 is 0.947 bits per heavy atom. The first-order valence-electron chi connectivity index (χ1n) is 12.3. The van der Waals surface area contributed by atoms with Crippen molar-refractivity contribution in [2.24, 2.45) is 0 Å². The average Bonchev–Trinajstić information content (AvgIpc) is 2.89. The number of hydrogen-bond donors (Lipinski definition) is 1. The maximum absolute atomic E-state index is 13.8. The van der Waals surface area contributed by atoms with Gasteiger partial charge in [0.2, 0.25) is 0 Å². The molecule has 1 heterocycles. The zero-order valence-electron chi connectivity index (χ0n) is 21.0. The number of anilines is 1. The Morgan fingerprint density at radius 3 is 2.16 bits per heavy atom. The summed E-state index contributed by atoms with van der Waals surface area (Å²) in [7, 11) is 0. The van der Waals surface area contributed by atoms with E-state index < -0.39 is 11.7 Å². The molecule has 0 saturated heterocycles. The van der Waals surface area contributed by atoms with Crippen molar-refractivity contribution < 1.29 is 18.0 Å². The molecular weight excluding hydrogens is 511 g/mol. The summed E-state index contributed by atoms with van der Waals surface area (Å²) in [5.41, 5.74) is 3.65. The van der Waals surface area contributed by atoms with Crippen LogP contribution >= 0.6 is 11.6 Å². The normalized spacial score (nSPS) is 12.3. The predicted molar refractivity (Wildman–Crippen MR) is 144 cm³/mol. The second kappa shape index (κ2) is 11.8. The van der Waals surface area contributed by atoms with Gasteiger partial charge >= 0.3 is 0 Å². The summed E-state index contributed by atoms with van der Waals surface area (Å²) in [4.78, 5) is 21.5. The van der Waals surface area contributed by atoms with Crippen LogP contribution < -0.4 is 5.32 Å². The number of aromatic nitrogens is 2. The molecule has 0 radical (unpaired) electrons. The summed E-state index contributed by atoms with van der Waals surface area (Å²) < 4.78 is 41.1. The Morgan fingerprint density at radius 2 is 1.55 bits per heavy atom. The Bertz CT molecular complexity index is 1410. The van der Waals surface area contributed by atoms with Crippen molar-refractivity contribution in [3.05, 3.63) is 112 Å². The summed E-state index contributed by atoms with van der Waals surface area (Å²) >= 11 is 6.21. The standard InChI is InChI=1S/C30H27ClF3N3O/c1-3-30(33,34)23-10-6-21(7-11-23)17-25(38)16-20-4-8-22(9-5-20)28-29(36-15-14-35-28)37-19(2)26-13-12-24(32)18-27(26)31/h4-15,18-19H,3,16-17H2,1-2H3,(H,36,37)/t19-/m0/s1. The van der Waals surface area contributed by atoms with Crippen LogP contribution in [0.3, 0.4) is 0 Å². The van der Waals surface area contributed by atoms with Crippen LogP contribution in [0.1, 0.15) is 48.6 Å². The number of halogens is 4. The quantitative estimate of drug-likeness (QED) is 0.223. The van der Waals surface area contributed by atoms with Gasteiger partial charge in [-0.25, -0.2) is 18.2 Å². The summed E-state index contributed by atoms with van der Waals surface area (Å²) in [6, 6.07) is 17.4. The summed E-state index contributed by atoms with van der Waals surface area (Å²) in [6.45, 7) is 3.34. The lowest BCUT2D eigenvalue weighted by Crippen LogP contribution is -2.12. The SMILES string of the molecule is CCC(F)(F)c1ccc(CC(=O)Cc2ccc(-c3nccnc3N[C@@H](C)c3ccc(F)cc3Cl)cc2)cc1. The lowest BCUT2D eigenvalue weighted by Gasteiger charge is -2.18. The molecule has 196 valence electrons. The molecule has 0 aliphatic carbocycles. The van der Waals surface area contributed by atoms with Crippen molar-refractivity contribution >= 4 is 23.2 Å². The van der Waals surface area contributed by atoms with E-state index in [0.29, 0.717) is 22.1 Å². The largest absolute Gasteiger partial charge is 0.362 e. The van der Waals surface area contributed by atoms with E-state index in [-0.39, 0.29) is 36.7 Å². The van der Waals surface area contributed by atoms with Crippen LogP contribution in [0.15, 0.2) is 79.1 Å². The van der Waals surface area contributed by atoms with Crippen LogP contribution in [0.4, 0.5) is 19.0 Å². The first kappa shape index (κ1) is 27.3. The number of carbonyl (C=O) groups excluding carboxylic acids is 1. The van der Waals surface area contributed by atoms with Crippen LogP contribution in [0.5, 0.6) is 0 Å². The molecule has 4 nitrogen and oxygen atoms in total. The summed E-state index contributed by atoms with van der Waals surface area (Å²) in [6.07, 6.45) is 3.29. The Hall–Kier alpha value is -3.71. The first-order valence-corrected chi connectivity index (χ1v) is 12.6. The fourth-order valence-corrected chi connectivity index (χ4v) is 4.49. The molecule has 38 heavy (non-hydrogen) atoms. The number of benzene rings is 3. The maximum Gasteiger partial charge on any atom is 0.273 e. The van der Waals surface area contributed by atoms with Crippen LogP contribution in [-0.2, 0) is 23.6 Å². The van der Waals surface area contributed by atoms with Crippen molar-refractivity contribution in [2.45, 2.75) is 45.1 Å². The number of nitrogens with zero attached hydrogens (tertiary/aromatic N) is 2. The van der Waals surface area contributed by atoms with E-state index in [1.165, 1.54) is 31.2 Å². The molecule has 4 rings (SSSR count). The van der Waals surface area contributed by atoms with Gasteiger partial charge in [0.25, 0.3) is 5.92 Å². The van der Waals surface area contributed by atoms with E-state index in [2.05, 4.69) is 15.3 Å². The first-order chi connectivity index (χ1) is 18.2. The van der Waals surface area contributed by atoms with Crippen LogP contribution in [-0.4, -0.2) is 15.8 Å². The minimum atomic E-state index is -2.87. The highest BCUT2D eigenvalue weighted by molar-refractivity contribution is 6.31. The third kappa shape index (κ3) is 6.58. The number of ketones is 1. The zero-order chi connectivity index (χ0) is 27.3. The van der Waals surface area contributed by atoms with Gasteiger partial charge in [-0.3, -0.25) is 9.78 Å². The van der Waals surface area contributed by atoms with Crippen LogP contribution in [0.2, 0.25) is 5.02 Å². The topological polar surface area (TPSA) is 54.9 Å². The highest BCUT2D eigenvalue weighted by Gasteiger charge is 2.28.